The highest BCUT2D eigenvalue weighted by atomic mass is 32.1. The number of rotatable bonds is 2. The molecular weight excluding hydrogens is 218 g/mol. The van der Waals surface area contributed by atoms with Gasteiger partial charge in [0.15, 0.2) is 5.13 Å². The molecule has 1 aromatic heterocycles. The summed E-state index contributed by atoms with van der Waals surface area (Å²) >= 11 is 1.46. The number of hydrogen-bond acceptors (Lipinski definition) is 4. The number of benzene rings is 1. The van der Waals surface area contributed by atoms with Crippen LogP contribution in [0.3, 0.4) is 0 Å². The zero-order chi connectivity index (χ0) is 11.7. The second-order valence-electron chi connectivity index (χ2n) is 4.13. The molecule has 4 heteroatoms. The van der Waals surface area contributed by atoms with Crippen molar-refractivity contribution < 1.29 is 0 Å². The van der Waals surface area contributed by atoms with Gasteiger partial charge in [-0.05, 0) is 23.6 Å². The minimum atomic E-state index is -0.0623. The molecule has 1 heterocycles. The van der Waals surface area contributed by atoms with Crippen molar-refractivity contribution in [3.05, 3.63) is 23.8 Å². The van der Waals surface area contributed by atoms with Crippen molar-refractivity contribution in [1.82, 2.24) is 4.98 Å². The van der Waals surface area contributed by atoms with Gasteiger partial charge in [0.25, 0.3) is 0 Å². The van der Waals surface area contributed by atoms with Crippen molar-refractivity contribution >= 4 is 26.7 Å². The molecule has 16 heavy (non-hydrogen) atoms. The smallest absolute Gasteiger partial charge is 0.181 e. The lowest BCUT2D eigenvalue weighted by Gasteiger charge is -2.12. The Morgan fingerprint density at radius 2 is 2.19 bits per heavy atom. The van der Waals surface area contributed by atoms with Crippen molar-refractivity contribution in [2.24, 2.45) is 5.92 Å². The Bertz CT molecular complexity index is 551. The van der Waals surface area contributed by atoms with Crippen LogP contribution < -0.4 is 5.73 Å². The Hall–Kier alpha value is -1.60. The van der Waals surface area contributed by atoms with Crippen LogP contribution in [0, 0.1) is 17.2 Å². The summed E-state index contributed by atoms with van der Waals surface area (Å²) in [5.74, 6) is 0.250. The van der Waals surface area contributed by atoms with E-state index >= 15 is 0 Å². The largest absolute Gasteiger partial charge is 0.375 e. The molecule has 0 aliphatic rings. The third-order valence-corrected chi connectivity index (χ3v) is 3.44. The first-order valence-electron chi connectivity index (χ1n) is 5.17. The van der Waals surface area contributed by atoms with Gasteiger partial charge in [0.1, 0.15) is 0 Å². The molecule has 0 saturated heterocycles. The summed E-state index contributed by atoms with van der Waals surface area (Å²) in [6.07, 6.45) is 0. The molecular formula is C12H13N3S. The highest BCUT2D eigenvalue weighted by Crippen LogP contribution is 2.30. The van der Waals surface area contributed by atoms with E-state index in [1.165, 1.54) is 11.3 Å². The Morgan fingerprint density at radius 3 is 2.81 bits per heavy atom. The topological polar surface area (TPSA) is 62.7 Å². The van der Waals surface area contributed by atoms with Gasteiger partial charge in [0.2, 0.25) is 0 Å². The Kier molecular flexibility index (Phi) is 2.80. The molecule has 2 rings (SSSR count). The predicted octanol–water partition coefficient (Wildman–Crippen LogP) is 3.14. The molecule has 0 aliphatic carbocycles. The molecule has 0 amide bonds. The van der Waals surface area contributed by atoms with Crippen LogP contribution in [0.1, 0.15) is 25.3 Å². The van der Waals surface area contributed by atoms with Gasteiger partial charge in [-0.15, -0.1) is 0 Å². The number of nitrogen functional groups attached to an aromatic ring is 1. The maximum Gasteiger partial charge on any atom is 0.181 e. The van der Waals surface area contributed by atoms with Crippen LogP contribution >= 0.6 is 11.3 Å². The van der Waals surface area contributed by atoms with E-state index in [0.717, 1.165) is 15.8 Å². The van der Waals surface area contributed by atoms with E-state index < -0.39 is 0 Å². The number of thiazole rings is 1. The summed E-state index contributed by atoms with van der Waals surface area (Å²) < 4.78 is 1.05. The number of fused-ring (bicyclic) bond motifs is 1. The van der Waals surface area contributed by atoms with Gasteiger partial charge < -0.3 is 5.73 Å². The fraction of sp³-hybridized carbons (Fsp3) is 0.333. The molecule has 0 bridgehead atoms. The SMILES string of the molecule is CC(C)C(C#N)c1ccc2nc(N)sc2c1. The fourth-order valence-corrected chi connectivity index (χ4v) is 2.54. The monoisotopic (exact) mass is 231 g/mol. The van der Waals surface area contributed by atoms with E-state index in [1.54, 1.807) is 0 Å². The highest BCUT2D eigenvalue weighted by Gasteiger charge is 2.15. The highest BCUT2D eigenvalue weighted by molar-refractivity contribution is 7.22. The summed E-state index contributed by atoms with van der Waals surface area (Å²) in [5.41, 5.74) is 7.61. The van der Waals surface area contributed by atoms with Gasteiger partial charge in [0, 0.05) is 0 Å². The van der Waals surface area contributed by atoms with Crippen LogP contribution in [0.25, 0.3) is 10.2 Å². The number of nitrogens with zero attached hydrogens (tertiary/aromatic N) is 2. The zero-order valence-electron chi connectivity index (χ0n) is 9.27. The number of nitrogens with two attached hydrogens (primary N) is 1. The predicted molar refractivity (Wildman–Crippen MR) is 67.2 cm³/mol. The van der Waals surface area contributed by atoms with Crippen molar-refractivity contribution in [3.8, 4) is 6.07 Å². The number of hydrogen-bond donors (Lipinski definition) is 1. The third kappa shape index (κ3) is 1.86. The summed E-state index contributed by atoms with van der Waals surface area (Å²) in [6, 6.07) is 8.27. The van der Waals surface area contributed by atoms with Crippen molar-refractivity contribution in [3.63, 3.8) is 0 Å². The number of nitriles is 1. The van der Waals surface area contributed by atoms with E-state index in [0.29, 0.717) is 11.0 Å². The van der Waals surface area contributed by atoms with Gasteiger partial charge in [-0.25, -0.2) is 4.98 Å². The molecule has 82 valence electrons. The van der Waals surface area contributed by atoms with Crippen molar-refractivity contribution in [1.29, 1.82) is 5.26 Å². The van der Waals surface area contributed by atoms with Crippen LogP contribution in [0.2, 0.25) is 0 Å². The summed E-state index contributed by atoms with van der Waals surface area (Å²) in [7, 11) is 0. The van der Waals surface area contributed by atoms with Gasteiger partial charge in [0.05, 0.1) is 22.2 Å². The van der Waals surface area contributed by atoms with Crippen molar-refractivity contribution in [2.45, 2.75) is 19.8 Å². The van der Waals surface area contributed by atoms with E-state index in [1.807, 2.05) is 18.2 Å². The van der Waals surface area contributed by atoms with Crippen LogP contribution in [-0.2, 0) is 0 Å². The van der Waals surface area contributed by atoms with Crippen molar-refractivity contribution in [2.75, 3.05) is 5.73 Å². The lowest BCUT2D eigenvalue weighted by Crippen LogP contribution is -2.03. The standard InChI is InChI=1S/C12H13N3S/c1-7(2)9(6-13)8-3-4-10-11(5-8)16-12(14)15-10/h3-5,7,9H,1-2H3,(H2,14,15). The minimum absolute atomic E-state index is 0.0623. The summed E-state index contributed by atoms with van der Waals surface area (Å²) in [5, 5.41) is 9.71. The van der Waals surface area contributed by atoms with E-state index in [2.05, 4.69) is 24.9 Å². The molecule has 3 nitrogen and oxygen atoms in total. The quantitative estimate of drug-likeness (QED) is 0.863. The first-order valence-corrected chi connectivity index (χ1v) is 5.99. The number of anilines is 1. The molecule has 2 aromatic rings. The molecule has 0 saturated carbocycles. The normalized spacial score (nSPS) is 12.9. The second kappa shape index (κ2) is 4.11. The summed E-state index contributed by atoms with van der Waals surface area (Å²) in [4.78, 5) is 4.20. The first-order chi connectivity index (χ1) is 7.61. The maximum absolute atomic E-state index is 9.14. The number of aromatic nitrogens is 1. The van der Waals surface area contributed by atoms with E-state index in [-0.39, 0.29) is 5.92 Å². The lowest BCUT2D eigenvalue weighted by atomic mass is 9.90. The molecule has 1 unspecified atom stereocenters. The van der Waals surface area contributed by atoms with Crippen LogP contribution in [-0.4, -0.2) is 4.98 Å². The van der Waals surface area contributed by atoms with Crippen LogP contribution in [0.15, 0.2) is 18.2 Å². The Balaban J connectivity index is 2.50. The van der Waals surface area contributed by atoms with Gasteiger partial charge in [-0.2, -0.15) is 5.26 Å². The first kappa shape index (κ1) is 10.9. The minimum Gasteiger partial charge on any atom is -0.375 e. The van der Waals surface area contributed by atoms with Gasteiger partial charge in [-0.1, -0.05) is 31.3 Å². The molecule has 2 N–H and O–H groups in total. The second-order valence-corrected chi connectivity index (χ2v) is 5.19. The molecule has 0 fully saturated rings. The zero-order valence-corrected chi connectivity index (χ0v) is 10.1. The Labute approximate surface area is 98.5 Å². The van der Waals surface area contributed by atoms with Crippen LogP contribution in [0.5, 0.6) is 0 Å². The Morgan fingerprint density at radius 1 is 1.44 bits per heavy atom. The van der Waals surface area contributed by atoms with E-state index in [9.17, 15) is 0 Å². The van der Waals surface area contributed by atoms with Crippen LogP contribution in [0.4, 0.5) is 5.13 Å². The molecule has 1 atom stereocenters. The molecule has 0 radical (unpaired) electrons. The average Bonchev–Trinajstić information content (AvgIpc) is 2.57. The van der Waals surface area contributed by atoms with Gasteiger partial charge >= 0.3 is 0 Å². The third-order valence-electron chi connectivity index (χ3n) is 2.59. The van der Waals surface area contributed by atoms with Gasteiger partial charge in [-0.3, -0.25) is 0 Å². The molecule has 0 aliphatic heterocycles. The summed E-state index contributed by atoms with van der Waals surface area (Å²) in [6.45, 7) is 4.11. The molecule has 0 spiro atoms. The maximum atomic E-state index is 9.14. The lowest BCUT2D eigenvalue weighted by molar-refractivity contribution is 0.588. The molecule has 1 aromatic carbocycles. The average molecular weight is 231 g/mol. The fourth-order valence-electron chi connectivity index (χ4n) is 1.76. The van der Waals surface area contributed by atoms with E-state index in [4.69, 9.17) is 11.0 Å².